The van der Waals surface area contributed by atoms with Crippen molar-refractivity contribution in [3.63, 3.8) is 0 Å². The third kappa shape index (κ3) is 2.52. The predicted molar refractivity (Wildman–Crippen MR) is 66.1 cm³/mol. The van der Waals surface area contributed by atoms with Gasteiger partial charge in [-0.15, -0.1) is 0 Å². The van der Waals surface area contributed by atoms with Gasteiger partial charge in [-0.05, 0) is 19.9 Å². The van der Waals surface area contributed by atoms with Gasteiger partial charge in [0.25, 0.3) is 0 Å². The van der Waals surface area contributed by atoms with Gasteiger partial charge in [-0.1, -0.05) is 0 Å². The van der Waals surface area contributed by atoms with E-state index in [0.717, 1.165) is 13.1 Å². The fraction of sp³-hybridized carbons (Fsp3) is 0.727. The molecule has 16 heavy (non-hydrogen) atoms. The summed E-state index contributed by atoms with van der Waals surface area (Å²) in [6, 6.07) is 0.268. The van der Waals surface area contributed by atoms with Crippen LogP contribution in [0.1, 0.15) is 31.0 Å². The van der Waals surface area contributed by atoms with E-state index in [0.29, 0.717) is 11.7 Å². The highest BCUT2D eigenvalue weighted by Crippen LogP contribution is 2.24. The Labute approximate surface area is 98.9 Å². The number of imidazole rings is 1. The number of nitrogens with zero attached hydrogens (tertiary/aromatic N) is 2. The molecule has 1 aliphatic rings. The Morgan fingerprint density at radius 1 is 1.75 bits per heavy atom. The van der Waals surface area contributed by atoms with Gasteiger partial charge in [-0.2, -0.15) is 0 Å². The minimum atomic E-state index is -0.754. The van der Waals surface area contributed by atoms with Gasteiger partial charge in [0, 0.05) is 53.2 Å². The Bertz CT molecular complexity index is 371. The van der Waals surface area contributed by atoms with E-state index in [1.165, 1.54) is 12.1 Å². The molecular formula is C11H19N3OS. The first kappa shape index (κ1) is 11.8. The van der Waals surface area contributed by atoms with Crippen LogP contribution < -0.4 is 5.32 Å². The molecule has 1 N–H and O–H groups in total. The van der Waals surface area contributed by atoms with Crippen LogP contribution in [0, 0.1) is 0 Å². The second kappa shape index (κ2) is 5.10. The van der Waals surface area contributed by atoms with Gasteiger partial charge in [0.05, 0.1) is 6.33 Å². The maximum Gasteiger partial charge on any atom is 0.0951 e. The molecule has 0 aromatic carbocycles. The minimum Gasteiger partial charge on any atom is -0.331 e. The van der Waals surface area contributed by atoms with Crippen molar-refractivity contribution in [3.05, 3.63) is 18.2 Å². The summed E-state index contributed by atoms with van der Waals surface area (Å²) < 4.78 is 13.4. The molecule has 0 bridgehead atoms. The Morgan fingerprint density at radius 2 is 2.56 bits per heavy atom. The lowest BCUT2D eigenvalue weighted by Gasteiger charge is -2.18. The van der Waals surface area contributed by atoms with Crippen LogP contribution in [0.3, 0.4) is 0 Å². The van der Waals surface area contributed by atoms with Gasteiger partial charge in [0.2, 0.25) is 0 Å². The first-order chi connectivity index (χ1) is 7.68. The summed E-state index contributed by atoms with van der Waals surface area (Å²) in [4.78, 5) is 4.23. The van der Waals surface area contributed by atoms with Crippen molar-refractivity contribution in [2.45, 2.75) is 25.3 Å². The van der Waals surface area contributed by atoms with Crippen LogP contribution >= 0.6 is 0 Å². The highest BCUT2D eigenvalue weighted by molar-refractivity contribution is 7.84. The molecule has 0 spiro atoms. The van der Waals surface area contributed by atoms with Gasteiger partial charge in [-0.3, -0.25) is 4.21 Å². The summed E-state index contributed by atoms with van der Waals surface area (Å²) in [5.74, 6) is 1.26. The van der Waals surface area contributed by atoms with E-state index < -0.39 is 10.8 Å². The van der Waals surface area contributed by atoms with Gasteiger partial charge < -0.3 is 9.88 Å². The molecule has 5 heteroatoms. The third-order valence-corrected chi connectivity index (χ3v) is 4.08. The second-order valence-electron chi connectivity index (χ2n) is 4.50. The van der Waals surface area contributed by atoms with E-state index in [1.54, 1.807) is 6.26 Å². The second-order valence-corrected chi connectivity index (χ2v) is 5.98. The maximum absolute atomic E-state index is 11.2. The zero-order valence-corrected chi connectivity index (χ0v) is 10.7. The largest absolute Gasteiger partial charge is 0.331 e. The van der Waals surface area contributed by atoms with Crippen LogP contribution in [0.4, 0.5) is 0 Å². The molecule has 1 aromatic heterocycles. The molecule has 2 rings (SSSR count). The predicted octanol–water partition coefficient (Wildman–Crippen LogP) is 0.899. The number of nitrogens with one attached hydrogen (secondary N) is 1. The van der Waals surface area contributed by atoms with Crippen LogP contribution in [-0.4, -0.2) is 38.9 Å². The average Bonchev–Trinajstić information content (AvgIpc) is 2.87. The van der Waals surface area contributed by atoms with E-state index >= 15 is 0 Å². The summed E-state index contributed by atoms with van der Waals surface area (Å²) in [7, 11) is -0.754. The first-order valence-electron chi connectivity index (χ1n) is 5.71. The number of hydrogen-bond donors (Lipinski definition) is 1. The van der Waals surface area contributed by atoms with E-state index in [-0.39, 0.29) is 6.04 Å². The normalized spacial score (nSPS) is 24.5. The van der Waals surface area contributed by atoms with Crippen molar-refractivity contribution in [1.82, 2.24) is 14.9 Å². The quantitative estimate of drug-likeness (QED) is 0.852. The molecule has 4 nitrogen and oxygen atoms in total. The molecule has 90 valence electrons. The first-order valence-corrected chi connectivity index (χ1v) is 7.43. The smallest absolute Gasteiger partial charge is 0.0951 e. The van der Waals surface area contributed by atoms with Crippen molar-refractivity contribution in [3.8, 4) is 0 Å². The summed E-state index contributed by atoms with van der Waals surface area (Å²) in [5.41, 5.74) is 1.28. The highest BCUT2D eigenvalue weighted by atomic mass is 32.2. The lowest BCUT2D eigenvalue weighted by atomic mass is 10.1. The lowest BCUT2D eigenvalue weighted by Crippen LogP contribution is -2.17. The molecule has 1 saturated heterocycles. The highest BCUT2D eigenvalue weighted by Gasteiger charge is 2.22. The lowest BCUT2D eigenvalue weighted by molar-refractivity contribution is 0.548. The topological polar surface area (TPSA) is 46.9 Å². The average molecular weight is 241 g/mol. The molecule has 3 atom stereocenters. The number of hydrogen-bond acceptors (Lipinski definition) is 3. The molecule has 1 aromatic rings. The van der Waals surface area contributed by atoms with Crippen molar-refractivity contribution in [2.75, 3.05) is 25.1 Å². The summed E-state index contributed by atoms with van der Waals surface area (Å²) in [6.07, 6.45) is 6.75. The Hall–Kier alpha value is -0.680. The molecule has 0 radical (unpaired) electrons. The Morgan fingerprint density at radius 3 is 3.19 bits per heavy atom. The van der Waals surface area contributed by atoms with E-state index in [2.05, 4.69) is 21.8 Å². The molecule has 0 amide bonds. The molecule has 0 aliphatic carbocycles. The van der Waals surface area contributed by atoms with E-state index in [9.17, 15) is 4.21 Å². The van der Waals surface area contributed by atoms with Crippen molar-refractivity contribution in [1.29, 1.82) is 0 Å². The summed E-state index contributed by atoms with van der Waals surface area (Å²) >= 11 is 0. The molecular weight excluding hydrogens is 222 g/mol. The third-order valence-electron chi connectivity index (χ3n) is 3.13. The molecule has 3 unspecified atom stereocenters. The van der Waals surface area contributed by atoms with Crippen LogP contribution in [0.2, 0.25) is 0 Å². The molecule has 2 heterocycles. The van der Waals surface area contributed by atoms with Crippen LogP contribution in [-0.2, 0) is 10.8 Å². The zero-order valence-electron chi connectivity index (χ0n) is 9.85. The fourth-order valence-corrected chi connectivity index (χ4v) is 3.17. The zero-order chi connectivity index (χ0) is 11.5. The Balaban J connectivity index is 2.14. The van der Waals surface area contributed by atoms with Crippen molar-refractivity contribution in [2.24, 2.45) is 0 Å². The molecule has 1 fully saturated rings. The van der Waals surface area contributed by atoms with E-state index in [1.807, 2.05) is 12.5 Å². The standard InChI is InChI=1S/C11H19N3OS/c1-9(7-16(2)15)14-8-13-6-11(14)10-3-4-12-5-10/h6,8-10,12H,3-5,7H2,1-2H3. The fourth-order valence-electron chi connectivity index (χ4n) is 2.33. The van der Waals surface area contributed by atoms with Gasteiger partial charge in [0.1, 0.15) is 0 Å². The van der Waals surface area contributed by atoms with Crippen LogP contribution in [0.5, 0.6) is 0 Å². The van der Waals surface area contributed by atoms with Gasteiger partial charge in [-0.25, -0.2) is 4.98 Å². The summed E-state index contributed by atoms with van der Waals surface area (Å²) in [6.45, 7) is 4.23. The van der Waals surface area contributed by atoms with Gasteiger partial charge >= 0.3 is 0 Å². The van der Waals surface area contributed by atoms with Crippen LogP contribution in [0.15, 0.2) is 12.5 Å². The minimum absolute atomic E-state index is 0.268. The summed E-state index contributed by atoms with van der Waals surface area (Å²) in [5, 5.41) is 3.37. The van der Waals surface area contributed by atoms with Crippen molar-refractivity contribution < 1.29 is 4.21 Å². The Kier molecular flexibility index (Phi) is 3.76. The SMILES string of the molecule is CC(CS(C)=O)n1cncc1C1CCNC1. The van der Waals surface area contributed by atoms with Crippen molar-refractivity contribution >= 4 is 10.8 Å². The number of rotatable bonds is 4. The van der Waals surface area contributed by atoms with Crippen LogP contribution in [0.25, 0.3) is 0 Å². The van der Waals surface area contributed by atoms with Gasteiger partial charge in [0.15, 0.2) is 0 Å². The molecule has 1 aliphatic heterocycles. The number of aromatic nitrogens is 2. The molecule has 0 saturated carbocycles. The van der Waals surface area contributed by atoms with E-state index in [4.69, 9.17) is 0 Å². The monoisotopic (exact) mass is 241 g/mol. The maximum atomic E-state index is 11.2.